The molecule has 0 saturated heterocycles. The number of hydrogen-bond acceptors (Lipinski definition) is 5. The molecule has 5 rings (SSSR count). The van der Waals surface area contributed by atoms with Crippen LogP contribution in [0.5, 0.6) is 0 Å². The molecule has 2 aliphatic rings. The Morgan fingerprint density at radius 2 is 1.90 bits per heavy atom. The van der Waals surface area contributed by atoms with Crippen LogP contribution in [0.1, 0.15) is 43.0 Å². The van der Waals surface area contributed by atoms with Crippen molar-refractivity contribution in [3.8, 4) is 6.07 Å². The zero-order valence-corrected chi connectivity index (χ0v) is 20.4. The van der Waals surface area contributed by atoms with Gasteiger partial charge >= 0.3 is 6.18 Å². The number of nitrogens with one attached hydrogen (secondary N) is 1. The zero-order chi connectivity index (χ0) is 28.3. The van der Waals surface area contributed by atoms with Crippen LogP contribution in [0.25, 0.3) is 4.85 Å². The van der Waals surface area contributed by atoms with E-state index in [-0.39, 0.29) is 29.0 Å². The number of alkyl halides is 5. The molecule has 1 saturated carbocycles. The minimum atomic E-state index is -4.64. The molecule has 0 spiro atoms. The molecular formula is C26H18F5N7O. The van der Waals surface area contributed by atoms with Crippen LogP contribution < -0.4 is 10.2 Å². The van der Waals surface area contributed by atoms with E-state index in [0.29, 0.717) is 11.1 Å². The fourth-order valence-corrected chi connectivity index (χ4v) is 4.47. The molecule has 1 amide bonds. The van der Waals surface area contributed by atoms with Crippen molar-refractivity contribution in [3.63, 3.8) is 0 Å². The molecule has 13 heteroatoms. The summed E-state index contributed by atoms with van der Waals surface area (Å²) in [5.41, 5.74) is -1.65. The number of amides is 1. The third kappa shape index (κ3) is 4.16. The van der Waals surface area contributed by atoms with Crippen molar-refractivity contribution in [2.24, 2.45) is 5.41 Å². The van der Waals surface area contributed by atoms with Crippen LogP contribution in [0, 0.1) is 23.3 Å². The number of nitrogens with zero attached hydrogens (tertiary/aromatic N) is 6. The summed E-state index contributed by atoms with van der Waals surface area (Å²) >= 11 is 0. The highest BCUT2D eigenvalue weighted by molar-refractivity contribution is 5.97. The molecule has 1 aromatic heterocycles. The van der Waals surface area contributed by atoms with E-state index in [1.165, 1.54) is 40.8 Å². The van der Waals surface area contributed by atoms with E-state index in [9.17, 15) is 26.7 Å². The fraction of sp³-hybridized carbons (Fsp3) is 0.269. The van der Waals surface area contributed by atoms with E-state index >= 15 is 0 Å². The SMILES string of the molecule is [C-]#[N+]C1=C(C)N(c2cccc(C(F)(F)F)c2)c2nc(NC(=O)C3(C)CC3(F)F)nn2[C@@H]1c1ccc(C#N)cc1. The number of fused-ring (bicyclic) bond motifs is 1. The van der Waals surface area contributed by atoms with Crippen LogP contribution >= 0.6 is 0 Å². The van der Waals surface area contributed by atoms with Gasteiger partial charge in [0.25, 0.3) is 11.9 Å². The van der Waals surface area contributed by atoms with Gasteiger partial charge in [0.2, 0.25) is 17.6 Å². The molecule has 2 heterocycles. The van der Waals surface area contributed by atoms with Crippen molar-refractivity contribution in [2.45, 2.75) is 38.4 Å². The van der Waals surface area contributed by atoms with Crippen molar-refractivity contribution >= 4 is 23.5 Å². The maximum absolute atomic E-state index is 13.8. The van der Waals surface area contributed by atoms with Crippen molar-refractivity contribution in [3.05, 3.63) is 88.0 Å². The summed E-state index contributed by atoms with van der Waals surface area (Å²) in [7, 11) is 0. The van der Waals surface area contributed by atoms with E-state index in [0.717, 1.165) is 19.1 Å². The molecule has 8 nitrogen and oxygen atoms in total. The molecular weight excluding hydrogens is 521 g/mol. The number of anilines is 3. The van der Waals surface area contributed by atoms with Crippen LogP contribution in [-0.2, 0) is 11.0 Å². The fourth-order valence-electron chi connectivity index (χ4n) is 4.47. The number of allylic oxidation sites excluding steroid dienone is 2. The number of carbonyl (C=O) groups excluding carboxylic acids is 1. The highest BCUT2D eigenvalue weighted by Gasteiger charge is 2.72. The molecule has 0 bridgehead atoms. The summed E-state index contributed by atoms with van der Waals surface area (Å²) in [4.78, 5) is 21.8. The Morgan fingerprint density at radius 1 is 1.23 bits per heavy atom. The number of rotatable bonds is 4. The van der Waals surface area contributed by atoms with Gasteiger partial charge < -0.3 is 0 Å². The number of aromatic nitrogens is 3. The summed E-state index contributed by atoms with van der Waals surface area (Å²) in [6.07, 6.45) is -5.29. The van der Waals surface area contributed by atoms with Gasteiger partial charge in [-0.25, -0.2) is 18.3 Å². The van der Waals surface area contributed by atoms with Gasteiger partial charge in [-0.1, -0.05) is 18.2 Å². The Morgan fingerprint density at radius 3 is 2.46 bits per heavy atom. The van der Waals surface area contributed by atoms with Crippen LogP contribution in [0.4, 0.5) is 39.5 Å². The molecule has 1 N–H and O–H groups in total. The van der Waals surface area contributed by atoms with Gasteiger partial charge in [-0.2, -0.15) is 23.4 Å². The summed E-state index contributed by atoms with van der Waals surface area (Å²) in [6, 6.07) is 11.7. The number of carbonyl (C=O) groups is 1. The number of nitriles is 1. The topological polar surface area (TPSA) is 91.2 Å². The largest absolute Gasteiger partial charge is 0.416 e. The summed E-state index contributed by atoms with van der Waals surface area (Å²) in [5.74, 6) is -4.60. The van der Waals surface area contributed by atoms with Crippen molar-refractivity contribution in [1.29, 1.82) is 5.26 Å². The second kappa shape index (κ2) is 8.63. The second-order valence-electron chi connectivity index (χ2n) is 9.45. The molecule has 1 aliphatic heterocycles. The maximum atomic E-state index is 13.8. The molecule has 2 aromatic carbocycles. The lowest BCUT2D eigenvalue weighted by Gasteiger charge is -2.34. The van der Waals surface area contributed by atoms with Crippen LogP contribution in [0.2, 0.25) is 0 Å². The normalized spacial score (nSPS) is 21.6. The first-order chi connectivity index (χ1) is 18.3. The Hall–Kier alpha value is -4.78. The van der Waals surface area contributed by atoms with Gasteiger partial charge in [0, 0.05) is 17.8 Å². The van der Waals surface area contributed by atoms with Crippen LogP contribution in [-0.4, -0.2) is 26.6 Å². The summed E-state index contributed by atoms with van der Waals surface area (Å²) in [5, 5.41) is 15.7. The van der Waals surface area contributed by atoms with Gasteiger partial charge in [0.05, 0.1) is 23.8 Å². The van der Waals surface area contributed by atoms with E-state index in [2.05, 4.69) is 20.2 Å². The zero-order valence-electron chi connectivity index (χ0n) is 20.4. The molecule has 1 unspecified atom stereocenters. The molecule has 3 aromatic rings. The number of hydrogen-bond donors (Lipinski definition) is 1. The van der Waals surface area contributed by atoms with Crippen molar-refractivity contribution in [1.82, 2.24) is 14.8 Å². The van der Waals surface area contributed by atoms with Crippen molar-refractivity contribution < 1.29 is 26.7 Å². The molecule has 0 radical (unpaired) electrons. The van der Waals surface area contributed by atoms with Gasteiger partial charge in [0.1, 0.15) is 11.5 Å². The predicted molar refractivity (Wildman–Crippen MR) is 129 cm³/mol. The minimum absolute atomic E-state index is 0.0222. The first-order valence-corrected chi connectivity index (χ1v) is 11.5. The maximum Gasteiger partial charge on any atom is 0.416 e. The second-order valence-corrected chi connectivity index (χ2v) is 9.45. The Labute approximate surface area is 218 Å². The van der Waals surface area contributed by atoms with E-state index in [1.54, 1.807) is 12.1 Å². The molecule has 39 heavy (non-hydrogen) atoms. The highest BCUT2D eigenvalue weighted by Crippen LogP contribution is 2.60. The average molecular weight is 539 g/mol. The van der Waals surface area contributed by atoms with Gasteiger partial charge in [-0.3, -0.25) is 15.0 Å². The predicted octanol–water partition coefficient (Wildman–Crippen LogP) is 6.04. The third-order valence-electron chi connectivity index (χ3n) is 6.91. The lowest BCUT2D eigenvalue weighted by molar-refractivity contribution is -0.137. The minimum Gasteiger partial charge on any atom is -0.294 e. The quantitative estimate of drug-likeness (QED) is 0.322. The van der Waals surface area contributed by atoms with Crippen LogP contribution in [0.15, 0.2) is 59.9 Å². The Kier molecular flexibility index (Phi) is 5.72. The first-order valence-electron chi connectivity index (χ1n) is 11.5. The smallest absolute Gasteiger partial charge is 0.294 e. The molecule has 1 fully saturated rings. The first kappa shape index (κ1) is 25.9. The summed E-state index contributed by atoms with van der Waals surface area (Å²) in [6.45, 7) is 10.5. The lowest BCUT2D eigenvalue weighted by Crippen LogP contribution is -2.30. The van der Waals surface area contributed by atoms with Crippen LogP contribution in [0.3, 0.4) is 0 Å². The molecule has 198 valence electrons. The molecule has 1 aliphatic carbocycles. The highest BCUT2D eigenvalue weighted by atomic mass is 19.4. The third-order valence-corrected chi connectivity index (χ3v) is 6.91. The number of benzene rings is 2. The van der Waals surface area contributed by atoms with Gasteiger partial charge in [-0.05, 0) is 49.7 Å². The molecule has 2 atom stereocenters. The monoisotopic (exact) mass is 539 g/mol. The standard InChI is InChI=1S/C26H18F5N7O/c1-14-19(33-3)20(16-9-7-15(12-32)8-10-16)38-23(37(14)18-6-4-5-17(11-18)26(29,30)31)35-22(36-38)34-21(39)24(2)13-25(24,27)28/h4-11,20H,13H2,1-2H3,(H,34,36,39)/t20-,24?/m1/s1. The van der Waals surface area contributed by atoms with E-state index in [4.69, 9.17) is 11.8 Å². The Bertz CT molecular complexity index is 1610. The average Bonchev–Trinajstić information content (AvgIpc) is 3.19. The summed E-state index contributed by atoms with van der Waals surface area (Å²) < 4.78 is 69.3. The lowest BCUT2D eigenvalue weighted by atomic mass is 9.99. The van der Waals surface area contributed by atoms with Crippen molar-refractivity contribution in [2.75, 3.05) is 10.2 Å². The van der Waals surface area contributed by atoms with Gasteiger partial charge in [0.15, 0.2) is 0 Å². The number of halogens is 5. The van der Waals surface area contributed by atoms with E-state index in [1.807, 2.05) is 6.07 Å². The van der Waals surface area contributed by atoms with Gasteiger partial charge in [-0.15, -0.1) is 5.10 Å². The van der Waals surface area contributed by atoms with E-state index < -0.39 is 41.4 Å². The Balaban J connectivity index is 1.67.